The number of benzene rings is 2. The van der Waals surface area contributed by atoms with E-state index >= 15 is 0 Å². The highest BCUT2D eigenvalue weighted by Crippen LogP contribution is 2.58. The Morgan fingerprint density at radius 2 is 1.74 bits per heavy atom. The van der Waals surface area contributed by atoms with Crippen LogP contribution in [0.15, 0.2) is 66.7 Å². The number of carbonyl (C=O) groups excluding carboxylic acids is 2. The summed E-state index contributed by atoms with van der Waals surface area (Å²) in [6.07, 6.45) is 3.51. The molecule has 4 heteroatoms. The van der Waals surface area contributed by atoms with E-state index in [4.69, 9.17) is 9.47 Å². The molecule has 138 valence electrons. The highest BCUT2D eigenvalue weighted by molar-refractivity contribution is 6.27. The highest BCUT2D eigenvalue weighted by Gasteiger charge is 2.64. The van der Waals surface area contributed by atoms with Gasteiger partial charge in [0.2, 0.25) is 5.78 Å². The third kappa shape index (κ3) is 2.72. The number of ketones is 1. The van der Waals surface area contributed by atoms with Gasteiger partial charge in [-0.15, -0.1) is 0 Å². The van der Waals surface area contributed by atoms with Gasteiger partial charge in [0, 0.05) is 19.1 Å². The standard InChI is InChI=1S/C23H22O4/c1-17(24)26-16-22-13-8-14-27-23(22,19-11-6-3-7-12-19)21(25)20(15-22)18-9-4-2-5-10-18/h2-7,9-12,15H,8,13-14,16H2,1H3/t22-,23+/m1/s1. The van der Waals surface area contributed by atoms with Gasteiger partial charge in [-0.1, -0.05) is 66.7 Å². The number of fused-ring (bicyclic) bond motifs is 1. The van der Waals surface area contributed by atoms with Gasteiger partial charge in [-0.05, 0) is 24.0 Å². The maximum absolute atomic E-state index is 13.8. The topological polar surface area (TPSA) is 52.6 Å². The van der Waals surface area contributed by atoms with Crippen molar-refractivity contribution in [1.82, 2.24) is 0 Å². The molecule has 2 atom stereocenters. The van der Waals surface area contributed by atoms with Crippen LogP contribution in [0.2, 0.25) is 0 Å². The van der Waals surface area contributed by atoms with Gasteiger partial charge in [0.1, 0.15) is 6.61 Å². The number of hydrogen-bond donors (Lipinski definition) is 0. The van der Waals surface area contributed by atoms with Crippen molar-refractivity contribution in [2.45, 2.75) is 25.4 Å². The summed E-state index contributed by atoms with van der Waals surface area (Å²) in [5, 5.41) is 0. The van der Waals surface area contributed by atoms with E-state index in [0.29, 0.717) is 12.2 Å². The zero-order valence-electron chi connectivity index (χ0n) is 15.3. The molecule has 0 bridgehead atoms. The zero-order chi connectivity index (χ0) is 18.9. The summed E-state index contributed by atoms with van der Waals surface area (Å²) in [6, 6.07) is 19.2. The van der Waals surface area contributed by atoms with Gasteiger partial charge in [-0.2, -0.15) is 0 Å². The highest BCUT2D eigenvalue weighted by atomic mass is 16.5. The van der Waals surface area contributed by atoms with Crippen molar-refractivity contribution in [3.8, 4) is 0 Å². The maximum Gasteiger partial charge on any atom is 0.302 e. The van der Waals surface area contributed by atoms with Crippen LogP contribution in [0.25, 0.3) is 5.57 Å². The van der Waals surface area contributed by atoms with Crippen molar-refractivity contribution in [3.63, 3.8) is 0 Å². The predicted octanol–water partition coefficient (Wildman–Crippen LogP) is 3.91. The van der Waals surface area contributed by atoms with E-state index in [1.807, 2.05) is 66.7 Å². The van der Waals surface area contributed by atoms with Crippen LogP contribution in [0.4, 0.5) is 0 Å². The monoisotopic (exact) mass is 362 g/mol. The molecule has 4 rings (SSSR count). The molecule has 1 heterocycles. The van der Waals surface area contributed by atoms with E-state index in [1.54, 1.807) is 0 Å². The van der Waals surface area contributed by atoms with Crippen LogP contribution in [-0.4, -0.2) is 25.0 Å². The van der Waals surface area contributed by atoms with Crippen molar-refractivity contribution >= 4 is 17.3 Å². The SMILES string of the molecule is CC(=O)OC[C@@]12C=C(c3ccccc3)C(=O)[C@]1(c1ccccc1)OCCC2. The molecule has 2 aromatic rings. The molecule has 1 saturated heterocycles. The molecule has 2 aliphatic rings. The maximum atomic E-state index is 13.8. The molecule has 1 aliphatic carbocycles. The van der Waals surface area contributed by atoms with E-state index < -0.39 is 11.0 Å². The van der Waals surface area contributed by atoms with Crippen LogP contribution in [0.3, 0.4) is 0 Å². The molecular formula is C23H22O4. The molecule has 1 aliphatic heterocycles. The third-order valence-electron chi connectivity index (χ3n) is 5.57. The minimum Gasteiger partial charge on any atom is -0.465 e. The lowest BCUT2D eigenvalue weighted by molar-refractivity contribution is -0.184. The van der Waals surface area contributed by atoms with Crippen LogP contribution in [-0.2, 0) is 24.7 Å². The first-order valence-corrected chi connectivity index (χ1v) is 9.25. The Morgan fingerprint density at radius 1 is 1.07 bits per heavy atom. The van der Waals surface area contributed by atoms with Gasteiger partial charge in [0.25, 0.3) is 0 Å². The lowest BCUT2D eigenvalue weighted by atomic mass is 9.66. The van der Waals surface area contributed by atoms with Crippen LogP contribution in [0, 0.1) is 5.41 Å². The zero-order valence-corrected chi connectivity index (χ0v) is 15.3. The molecule has 0 unspecified atom stereocenters. The molecule has 0 N–H and O–H groups in total. The molecule has 27 heavy (non-hydrogen) atoms. The Hall–Kier alpha value is -2.72. The molecule has 0 radical (unpaired) electrons. The lowest BCUT2D eigenvalue weighted by Crippen LogP contribution is -2.54. The first-order chi connectivity index (χ1) is 13.1. The number of hydrogen-bond acceptors (Lipinski definition) is 4. The van der Waals surface area contributed by atoms with Gasteiger partial charge in [0.05, 0.1) is 5.41 Å². The van der Waals surface area contributed by atoms with Crippen molar-refractivity contribution in [1.29, 1.82) is 0 Å². The molecule has 0 saturated carbocycles. The summed E-state index contributed by atoms with van der Waals surface area (Å²) < 4.78 is 11.7. The van der Waals surface area contributed by atoms with Crippen LogP contribution in [0.1, 0.15) is 30.9 Å². The van der Waals surface area contributed by atoms with Crippen molar-refractivity contribution in [2.75, 3.05) is 13.2 Å². The molecule has 0 spiro atoms. The normalized spacial score (nSPS) is 27.0. The number of Topliss-reactive ketones (excluding diaryl/α,β-unsaturated/α-hetero) is 1. The number of esters is 1. The van der Waals surface area contributed by atoms with Gasteiger partial charge < -0.3 is 9.47 Å². The number of rotatable bonds is 4. The molecule has 0 aromatic heterocycles. The second kappa shape index (κ2) is 6.78. The lowest BCUT2D eigenvalue weighted by Gasteiger charge is -2.47. The van der Waals surface area contributed by atoms with E-state index in [0.717, 1.165) is 24.0 Å². The molecule has 4 nitrogen and oxygen atoms in total. The van der Waals surface area contributed by atoms with E-state index in [1.165, 1.54) is 6.92 Å². The van der Waals surface area contributed by atoms with Crippen molar-refractivity contribution in [2.24, 2.45) is 5.41 Å². The Labute approximate surface area is 158 Å². The van der Waals surface area contributed by atoms with Gasteiger partial charge in [-0.3, -0.25) is 9.59 Å². The van der Waals surface area contributed by atoms with Crippen molar-refractivity contribution in [3.05, 3.63) is 77.9 Å². The predicted molar refractivity (Wildman–Crippen MR) is 102 cm³/mol. The smallest absolute Gasteiger partial charge is 0.302 e. The minimum atomic E-state index is -1.16. The van der Waals surface area contributed by atoms with Gasteiger partial charge in [0.15, 0.2) is 5.60 Å². The summed E-state index contributed by atoms with van der Waals surface area (Å²) in [5.74, 6) is -0.419. The first kappa shape index (κ1) is 17.7. The first-order valence-electron chi connectivity index (χ1n) is 9.25. The van der Waals surface area contributed by atoms with E-state index in [9.17, 15) is 9.59 Å². The third-order valence-corrected chi connectivity index (χ3v) is 5.57. The Balaban J connectivity index is 1.91. The van der Waals surface area contributed by atoms with Crippen molar-refractivity contribution < 1.29 is 19.1 Å². The van der Waals surface area contributed by atoms with Crippen LogP contribution >= 0.6 is 0 Å². The Kier molecular flexibility index (Phi) is 4.44. The number of ether oxygens (including phenoxy) is 2. The average molecular weight is 362 g/mol. The number of carbonyl (C=O) groups is 2. The molecule has 1 fully saturated rings. The summed E-state index contributed by atoms with van der Waals surface area (Å²) in [6.45, 7) is 2.01. The van der Waals surface area contributed by atoms with E-state index in [2.05, 4.69) is 0 Å². The van der Waals surface area contributed by atoms with Crippen LogP contribution in [0.5, 0.6) is 0 Å². The summed E-state index contributed by atoms with van der Waals surface area (Å²) in [4.78, 5) is 25.4. The average Bonchev–Trinajstić information content (AvgIpc) is 2.98. The Morgan fingerprint density at radius 3 is 2.41 bits per heavy atom. The summed E-state index contributed by atoms with van der Waals surface area (Å²) in [5.41, 5.74) is 0.434. The van der Waals surface area contributed by atoms with E-state index in [-0.39, 0.29) is 18.4 Å². The second-order valence-electron chi connectivity index (χ2n) is 7.19. The minimum absolute atomic E-state index is 0.0632. The fraction of sp³-hybridized carbons (Fsp3) is 0.304. The summed E-state index contributed by atoms with van der Waals surface area (Å²) >= 11 is 0. The van der Waals surface area contributed by atoms with Gasteiger partial charge >= 0.3 is 5.97 Å². The molecule has 0 amide bonds. The summed E-state index contributed by atoms with van der Waals surface area (Å²) in [7, 11) is 0. The Bertz CT molecular complexity index is 887. The fourth-order valence-electron chi connectivity index (χ4n) is 4.38. The fourth-order valence-corrected chi connectivity index (χ4v) is 4.38. The van der Waals surface area contributed by atoms with Crippen LogP contribution < -0.4 is 0 Å². The molecular weight excluding hydrogens is 340 g/mol. The molecule has 2 aromatic carbocycles. The quantitative estimate of drug-likeness (QED) is 0.774. The van der Waals surface area contributed by atoms with Gasteiger partial charge in [-0.25, -0.2) is 0 Å². The second-order valence-corrected chi connectivity index (χ2v) is 7.19. The largest absolute Gasteiger partial charge is 0.465 e.